The summed E-state index contributed by atoms with van der Waals surface area (Å²) in [5.41, 5.74) is 8.22. The molecule has 6 nitrogen and oxygen atoms in total. The van der Waals surface area contributed by atoms with Crippen molar-refractivity contribution in [3.05, 3.63) is 60.4 Å². The molecule has 0 unspecified atom stereocenters. The smallest absolute Gasteiger partial charge is 0.225 e. The number of benzene rings is 2. The third-order valence-electron chi connectivity index (χ3n) is 3.84. The van der Waals surface area contributed by atoms with Crippen molar-refractivity contribution in [3.8, 4) is 0 Å². The van der Waals surface area contributed by atoms with Crippen LogP contribution >= 0.6 is 0 Å². The molecule has 6 heteroatoms. The lowest BCUT2D eigenvalue weighted by molar-refractivity contribution is -0.116. The summed E-state index contributed by atoms with van der Waals surface area (Å²) in [5, 5.41) is 7.08. The van der Waals surface area contributed by atoms with Crippen LogP contribution in [0.4, 0.5) is 11.5 Å². The third kappa shape index (κ3) is 4.51. The maximum Gasteiger partial charge on any atom is 0.225 e. The van der Waals surface area contributed by atoms with Gasteiger partial charge in [0, 0.05) is 30.6 Å². The van der Waals surface area contributed by atoms with E-state index in [0.717, 1.165) is 29.7 Å². The fourth-order valence-electron chi connectivity index (χ4n) is 2.60. The van der Waals surface area contributed by atoms with Crippen LogP contribution in [-0.4, -0.2) is 29.0 Å². The van der Waals surface area contributed by atoms with E-state index in [4.69, 9.17) is 5.73 Å². The van der Waals surface area contributed by atoms with E-state index in [1.807, 2.05) is 36.4 Å². The molecule has 1 heterocycles. The second kappa shape index (κ2) is 8.21. The summed E-state index contributed by atoms with van der Waals surface area (Å²) in [4.78, 5) is 20.3. The van der Waals surface area contributed by atoms with Gasteiger partial charge in [-0.2, -0.15) is 0 Å². The number of hydrogen-bond acceptors (Lipinski definition) is 5. The van der Waals surface area contributed by atoms with Gasteiger partial charge in [0.25, 0.3) is 0 Å². The molecule has 128 valence electrons. The molecule has 0 aliphatic rings. The molecular weight excluding hydrogens is 314 g/mol. The number of carbonyl (C=O) groups excluding carboxylic acids is 1. The van der Waals surface area contributed by atoms with Gasteiger partial charge < -0.3 is 16.4 Å². The molecule has 0 bridgehead atoms. The van der Waals surface area contributed by atoms with Gasteiger partial charge in [-0.1, -0.05) is 30.3 Å². The zero-order chi connectivity index (χ0) is 17.5. The molecular formula is C19H21N5O. The molecule has 0 radical (unpaired) electrons. The topological polar surface area (TPSA) is 92.9 Å². The number of nitrogens with zero attached hydrogens (tertiary/aromatic N) is 2. The van der Waals surface area contributed by atoms with Crippen molar-refractivity contribution in [1.29, 1.82) is 0 Å². The van der Waals surface area contributed by atoms with E-state index in [1.54, 1.807) is 6.33 Å². The maximum absolute atomic E-state index is 11.7. The van der Waals surface area contributed by atoms with Crippen LogP contribution in [-0.2, 0) is 11.2 Å². The molecule has 25 heavy (non-hydrogen) atoms. The largest absolute Gasteiger partial charge is 0.369 e. The summed E-state index contributed by atoms with van der Waals surface area (Å²) in [6.45, 7) is 1.09. The lowest BCUT2D eigenvalue weighted by Crippen LogP contribution is -2.16. The molecule has 3 aromatic rings. The second-order valence-electron chi connectivity index (χ2n) is 5.70. The molecule has 0 aliphatic carbocycles. The summed E-state index contributed by atoms with van der Waals surface area (Å²) >= 11 is 0. The molecule has 0 atom stereocenters. The molecule has 0 aliphatic heterocycles. The number of aromatic nitrogens is 2. The summed E-state index contributed by atoms with van der Waals surface area (Å²) in [5.74, 6) is 0.660. The summed E-state index contributed by atoms with van der Waals surface area (Å²) in [6.07, 6.45) is 2.74. The van der Waals surface area contributed by atoms with Gasteiger partial charge in [0.2, 0.25) is 5.91 Å². The standard InChI is InChI=1S/C19H21N5O/c20-10-8-18(25)24-15-6-7-17-16(12-15)19(23-13-22-17)21-11-9-14-4-2-1-3-5-14/h1-7,12-13H,8-11,20H2,(H,24,25)(H,21,22,23). The van der Waals surface area contributed by atoms with Crippen molar-refractivity contribution in [2.24, 2.45) is 5.73 Å². The van der Waals surface area contributed by atoms with Crippen LogP contribution in [0.1, 0.15) is 12.0 Å². The second-order valence-corrected chi connectivity index (χ2v) is 5.70. The Balaban J connectivity index is 1.74. The highest BCUT2D eigenvalue weighted by Gasteiger charge is 2.07. The first-order chi connectivity index (χ1) is 12.3. The molecule has 0 fully saturated rings. The van der Waals surface area contributed by atoms with Crippen LogP contribution in [0.15, 0.2) is 54.9 Å². The van der Waals surface area contributed by atoms with Crippen LogP contribution in [0, 0.1) is 0 Å². The molecule has 3 rings (SSSR count). The lowest BCUT2D eigenvalue weighted by Gasteiger charge is -2.10. The van der Waals surface area contributed by atoms with E-state index in [9.17, 15) is 4.79 Å². The normalized spacial score (nSPS) is 10.6. The molecule has 1 aromatic heterocycles. The zero-order valence-electron chi connectivity index (χ0n) is 13.9. The van der Waals surface area contributed by atoms with Crippen LogP contribution in [0.2, 0.25) is 0 Å². The first-order valence-electron chi connectivity index (χ1n) is 8.29. The Morgan fingerprint density at radius 1 is 1.08 bits per heavy atom. The first-order valence-corrected chi connectivity index (χ1v) is 8.29. The van der Waals surface area contributed by atoms with E-state index in [0.29, 0.717) is 18.7 Å². The van der Waals surface area contributed by atoms with Crippen molar-refractivity contribution in [2.75, 3.05) is 23.7 Å². The Kier molecular flexibility index (Phi) is 5.53. The number of nitrogens with two attached hydrogens (primary N) is 1. The van der Waals surface area contributed by atoms with Gasteiger partial charge in [0.15, 0.2) is 0 Å². The molecule has 0 spiro atoms. The molecule has 0 saturated heterocycles. The maximum atomic E-state index is 11.7. The van der Waals surface area contributed by atoms with Gasteiger partial charge in [-0.25, -0.2) is 9.97 Å². The minimum Gasteiger partial charge on any atom is -0.369 e. The Hall–Kier alpha value is -2.99. The van der Waals surface area contributed by atoms with Gasteiger partial charge >= 0.3 is 0 Å². The van der Waals surface area contributed by atoms with Crippen LogP contribution in [0.5, 0.6) is 0 Å². The lowest BCUT2D eigenvalue weighted by atomic mass is 10.1. The number of rotatable bonds is 7. The van der Waals surface area contributed by atoms with E-state index in [-0.39, 0.29) is 5.91 Å². The molecule has 0 saturated carbocycles. The number of carbonyl (C=O) groups is 1. The predicted molar refractivity (Wildman–Crippen MR) is 100 cm³/mol. The quantitative estimate of drug-likeness (QED) is 0.617. The highest BCUT2D eigenvalue weighted by atomic mass is 16.1. The van der Waals surface area contributed by atoms with E-state index >= 15 is 0 Å². The number of amides is 1. The van der Waals surface area contributed by atoms with Crippen molar-refractivity contribution in [1.82, 2.24) is 9.97 Å². The molecule has 4 N–H and O–H groups in total. The highest BCUT2D eigenvalue weighted by Crippen LogP contribution is 2.23. The van der Waals surface area contributed by atoms with Gasteiger partial charge in [-0.3, -0.25) is 4.79 Å². The van der Waals surface area contributed by atoms with Crippen LogP contribution in [0.3, 0.4) is 0 Å². The van der Waals surface area contributed by atoms with Gasteiger partial charge in [-0.15, -0.1) is 0 Å². The van der Waals surface area contributed by atoms with Gasteiger partial charge in [0.05, 0.1) is 5.52 Å². The Morgan fingerprint density at radius 2 is 1.92 bits per heavy atom. The van der Waals surface area contributed by atoms with E-state index in [2.05, 4.69) is 32.7 Å². The van der Waals surface area contributed by atoms with Crippen LogP contribution < -0.4 is 16.4 Å². The minimum absolute atomic E-state index is 0.0997. The number of hydrogen-bond donors (Lipinski definition) is 3. The van der Waals surface area contributed by atoms with Gasteiger partial charge in [0.1, 0.15) is 12.1 Å². The zero-order valence-corrected chi connectivity index (χ0v) is 13.9. The van der Waals surface area contributed by atoms with Crippen LogP contribution in [0.25, 0.3) is 10.9 Å². The van der Waals surface area contributed by atoms with Gasteiger partial charge in [-0.05, 0) is 30.2 Å². The monoisotopic (exact) mass is 335 g/mol. The summed E-state index contributed by atoms with van der Waals surface area (Å²) < 4.78 is 0. The number of anilines is 2. The summed E-state index contributed by atoms with van der Waals surface area (Å²) in [7, 11) is 0. The summed E-state index contributed by atoms with van der Waals surface area (Å²) in [6, 6.07) is 15.9. The molecule has 1 amide bonds. The Bertz CT molecular complexity index is 851. The first kappa shape index (κ1) is 16.9. The van der Waals surface area contributed by atoms with Crippen molar-refractivity contribution in [3.63, 3.8) is 0 Å². The van der Waals surface area contributed by atoms with Crippen molar-refractivity contribution >= 4 is 28.3 Å². The fraction of sp³-hybridized carbons (Fsp3) is 0.211. The third-order valence-corrected chi connectivity index (χ3v) is 3.84. The van der Waals surface area contributed by atoms with Crippen molar-refractivity contribution in [2.45, 2.75) is 12.8 Å². The molecule has 2 aromatic carbocycles. The number of nitrogens with one attached hydrogen (secondary N) is 2. The average molecular weight is 335 g/mol. The van der Waals surface area contributed by atoms with Crippen molar-refractivity contribution < 1.29 is 4.79 Å². The average Bonchev–Trinajstić information content (AvgIpc) is 2.63. The van der Waals surface area contributed by atoms with E-state index < -0.39 is 0 Å². The van der Waals surface area contributed by atoms with E-state index in [1.165, 1.54) is 5.56 Å². The highest BCUT2D eigenvalue weighted by molar-refractivity contribution is 5.96. The Labute approximate surface area is 146 Å². The minimum atomic E-state index is -0.0997. The predicted octanol–water partition coefficient (Wildman–Crippen LogP) is 2.57. The fourth-order valence-corrected chi connectivity index (χ4v) is 2.60. The number of fused-ring (bicyclic) bond motifs is 1. The SMILES string of the molecule is NCCC(=O)Nc1ccc2ncnc(NCCc3ccccc3)c2c1. The Morgan fingerprint density at radius 3 is 2.72 bits per heavy atom.